The summed E-state index contributed by atoms with van der Waals surface area (Å²) in [5.41, 5.74) is 0. The van der Waals surface area contributed by atoms with Crippen molar-refractivity contribution < 1.29 is 9.53 Å². The molecular weight excluding hydrogens is 302 g/mol. The molecule has 0 aromatic carbocycles. The Morgan fingerprint density at radius 3 is 2.33 bits per heavy atom. The molecule has 0 aromatic heterocycles. The van der Waals surface area contributed by atoms with E-state index < -0.39 is 0 Å². The molecule has 3 rings (SSSR count). The Hall–Kier alpha value is -0.650. The van der Waals surface area contributed by atoms with Gasteiger partial charge in [0.2, 0.25) is 5.91 Å². The first kappa shape index (κ1) is 18.2. The van der Waals surface area contributed by atoms with E-state index in [1.54, 1.807) is 0 Å². The van der Waals surface area contributed by atoms with Crippen molar-refractivity contribution in [3.8, 4) is 0 Å². The zero-order valence-corrected chi connectivity index (χ0v) is 15.6. The first-order valence-electron chi connectivity index (χ1n) is 10.0. The summed E-state index contributed by atoms with van der Waals surface area (Å²) in [6, 6.07) is 0.801. The molecule has 2 atom stereocenters. The van der Waals surface area contributed by atoms with Crippen LogP contribution in [0, 0.1) is 0 Å². The Bertz CT molecular complexity index is 401. The fourth-order valence-electron chi connectivity index (χ4n) is 4.63. The Morgan fingerprint density at radius 2 is 1.62 bits per heavy atom. The molecule has 2 aliphatic heterocycles. The monoisotopic (exact) mass is 337 g/mol. The minimum Gasteiger partial charge on any atom is -0.372 e. The van der Waals surface area contributed by atoms with Gasteiger partial charge >= 0.3 is 0 Å². The Labute approximate surface area is 147 Å². The molecular formula is C19H35N3O2. The van der Waals surface area contributed by atoms with Crippen molar-refractivity contribution in [2.45, 2.75) is 70.6 Å². The third-order valence-corrected chi connectivity index (χ3v) is 5.85. The van der Waals surface area contributed by atoms with Crippen LogP contribution in [-0.4, -0.2) is 84.7 Å². The lowest BCUT2D eigenvalue weighted by Gasteiger charge is -2.36. The average molecular weight is 338 g/mol. The molecule has 3 fully saturated rings. The molecule has 24 heavy (non-hydrogen) atoms. The molecule has 0 unspecified atom stereocenters. The van der Waals surface area contributed by atoms with Crippen molar-refractivity contribution >= 4 is 5.91 Å². The van der Waals surface area contributed by atoms with Gasteiger partial charge in [0, 0.05) is 32.2 Å². The topological polar surface area (TPSA) is 36.0 Å². The van der Waals surface area contributed by atoms with Gasteiger partial charge in [0.05, 0.1) is 18.8 Å². The van der Waals surface area contributed by atoms with Crippen LogP contribution >= 0.6 is 0 Å². The van der Waals surface area contributed by atoms with Gasteiger partial charge in [0.1, 0.15) is 0 Å². The highest BCUT2D eigenvalue weighted by molar-refractivity contribution is 5.78. The van der Waals surface area contributed by atoms with Crippen molar-refractivity contribution in [3.05, 3.63) is 0 Å². The van der Waals surface area contributed by atoms with Crippen molar-refractivity contribution in [2.24, 2.45) is 0 Å². The molecule has 5 nitrogen and oxygen atoms in total. The summed E-state index contributed by atoms with van der Waals surface area (Å²) >= 11 is 0. The van der Waals surface area contributed by atoms with Crippen LogP contribution in [0.4, 0.5) is 0 Å². The van der Waals surface area contributed by atoms with Gasteiger partial charge in [-0.1, -0.05) is 19.3 Å². The van der Waals surface area contributed by atoms with E-state index in [1.807, 2.05) is 4.90 Å². The normalized spacial score (nSPS) is 31.8. The summed E-state index contributed by atoms with van der Waals surface area (Å²) in [5, 5.41) is 0. The van der Waals surface area contributed by atoms with E-state index >= 15 is 0 Å². The highest BCUT2D eigenvalue weighted by atomic mass is 16.5. The van der Waals surface area contributed by atoms with Crippen LogP contribution in [0.2, 0.25) is 0 Å². The van der Waals surface area contributed by atoms with Gasteiger partial charge in [-0.25, -0.2) is 0 Å². The first-order chi connectivity index (χ1) is 11.6. The van der Waals surface area contributed by atoms with Crippen LogP contribution < -0.4 is 0 Å². The predicted molar refractivity (Wildman–Crippen MR) is 96.1 cm³/mol. The smallest absolute Gasteiger partial charge is 0.236 e. The zero-order chi connectivity index (χ0) is 16.9. The number of carbonyl (C=O) groups excluding carboxylic acids is 1. The second kappa shape index (κ2) is 8.63. The molecule has 0 radical (unpaired) electrons. The van der Waals surface area contributed by atoms with Gasteiger partial charge in [0.15, 0.2) is 0 Å². The highest BCUT2D eigenvalue weighted by Crippen LogP contribution is 2.23. The standard InChI is InChI=1S/C19H35N3O2/c1-16-13-22(14-17(2)24-16)19(23)15-20-9-6-10-21(12-11-20)18-7-4-3-5-8-18/h16-18H,3-15H2,1-2H3/t16-,17+. The maximum atomic E-state index is 12.7. The Balaban J connectivity index is 1.46. The van der Waals surface area contributed by atoms with Gasteiger partial charge in [-0.05, 0) is 46.2 Å². The van der Waals surface area contributed by atoms with Gasteiger partial charge < -0.3 is 9.64 Å². The number of morpholine rings is 1. The van der Waals surface area contributed by atoms with Crippen molar-refractivity contribution in [3.63, 3.8) is 0 Å². The molecule has 0 aromatic rings. The third kappa shape index (κ3) is 4.93. The number of hydrogen-bond donors (Lipinski definition) is 0. The summed E-state index contributed by atoms with van der Waals surface area (Å²) in [6.07, 6.45) is 8.48. The summed E-state index contributed by atoms with van der Waals surface area (Å²) in [5.74, 6) is 0.281. The lowest BCUT2D eigenvalue weighted by atomic mass is 9.94. The largest absolute Gasteiger partial charge is 0.372 e. The molecule has 5 heteroatoms. The SMILES string of the molecule is C[C@@H]1CN(C(=O)CN2CCCN(C3CCCCC3)CC2)C[C@H](C)O1. The average Bonchev–Trinajstić information content (AvgIpc) is 2.80. The fourth-order valence-corrected chi connectivity index (χ4v) is 4.63. The second-order valence-electron chi connectivity index (χ2n) is 8.01. The van der Waals surface area contributed by atoms with Crippen molar-refractivity contribution in [1.82, 2.24) is 14.7 Å². The van der Waals surface area contributed by atoms with Crippen LogP contribution in [0.5, 0.6) is 0 Å². The second-order valence-corrected chi connectivity index (χ2v) is 8.01. The van der Waals surface area contributed by atoms with Gasteiger partial charge in [-0.2, -0.15) is 0 Å². The van der Waals surface area contributed by atoms with E-state index in [0.29, 0.717) is 6.54 Å². The van der Waals surface area contributed by atoms with E-state index in [0.717, 1.165) is 38.8 Å². The lowest BCUT2D eigenvalue weighted by Crippen LogP contribution is -2.51. The van der Waals surface area contributed by atoms with Crippen molar-refractivity contribution in [1.29, 1.82) is 0 Å². The first-order valence-corrected chi connectivity index (χ1v) is 10.0. The van der Waals surface area contributed by atoms with E-state index in [-0.39, 0.29) is 18.1 Å². The van der Waals surface area contributed by atoms with Crippen LogP contribution in [0.3, 0.4) is 0 Å². The quantitative estimate of drug-likeness (QED) is 0.789. The number of rotatable bonds is 3. The number of ether oxygens (including phenoxy) is 1. The maximum Gasteiger partial charge on any atom is 0.236 e. The van der Waals surface area contributed by atoms with Crippen LogP contribution in [0.1, 0.15) is 52.4 Å². The number of carbonyl (C=O) groups is 1. The van der Waals surface area contributed by atoms with E-state index in [4.69, 9.17) is 4.74 Å². The van der Waals surface area contributed by atoms with Gasteiger partial charge in [-0.15, -0.1) is 0 Å². The highest BCUT2D eigenvalue weighted by Gasteiger charge is 2.28. The summed E-state index contributed by atoms with van der Waals surface area (Å²) in [4.78, 5) is 19.7. The van der Waals surface area contributed by atoms with E-state index in [9.17, 15) is 4.79 Å². The zero-order valence-electron chi connectivity index (χ0n) is 15.6. The molecule has 2 heterocycles. The third-order valence-electron chi connectivity index (χ3n) is 5.85. The molecule has 1 saturated carbocycles. The maximum absolute atomic E-state index is 12.7. The minimum atomic E-state index is 0.156. The summed E-state index contributed by atoms with van der Waals surface area (Å²) < 4.78 is 5.74. The van der Waals surface area contributed by atoms with Crippen molar-refractivity contribution in [2.75, 3.05) is 45.8 Å². The molecule has 3 aliphatic rings. The molecule has 0 N–H and O–H groups in total. The number of hydrogen-bond acceptors (Lipinski definition) is 4. The Kier molecular flexibility index (Phi) is 6.53. The number of nitrogens with zero attached hydrogens (tertiary/aromatic N) is 3. The molecule has 138 valence electrons. The van der Waals surface area contributed by atoms with Crippen LogP contribution in [-0.2, 0) is 9.53 Å². The molecule has 1 aliphatic carbocycles. The minimum absolute atomic E-state index is 0.156. The molecule has 0 bridgehead atoms. The Morgan fingerprint density at radius 1 is 0.917 bits per heavy atom. The number of amides is 1. The van der Waals surface area contributed by atoms with Crippen LogP contribution in [0.25, 0.3) is 0 Å². The van der Waals surface area contributed by atoms with Gasteiger partial charge in [0.25, 0.3) is 0 Å². The van der Waals surface area contributed by atoms with Crippen LogP contribution in [0.15, 0.2) is 0 Å². The van der Waals surface area contributed by atoms with E-state index in [1.165, 1.54) is 45.1 Å². The summed E-state index contributed by atoms with van der Waals surface area (Å²) in [7, 11) is 0. The van der Waals surface area contributed by atoms with Gasteiger partial charge in [-0.3, -0.25) is 14.6 Å². The molecule has 0 spiro atoms. The fraction of sp³-hybridized carbons (Fsp3) is 0.947. The predicted octanol–water partition coefficient (Wildman–Crippen LogP) is 1.96. The lowest BCUT2D eigenvalue weighted by molar-refractivity contribution is -0.144. The molecule has 1 amide bonds. The molecule has 2 saturated heterocycles. The summed E-state index contributed by atoms with van der Waals surface area (Å²) in [6.45, 7) is 10.6. The van der Waals surface area contributed by atoms with E-state index in [2.05, 4.69) is 23.6 Å².